The molecular weight excluding hydrogens is 353 g/mol. The number of nitrogens with zero attached hydrogens (tertiary/aromatic N) is 1. The van der Waals surface area contributed by atoms with E-state index in [4.69, 9.17) is 4.74 Å². The van der Waals surface area contributed by atoms with Crippen molar-refractivity contribution >= 4 is 31.0 Å². The van der Waals surface area contributed by atoms with Gasteiger partial charge in [0.05, 0.1) is 6.61 Å². The van der Waals surface area contributed by atoms with Crippen LogP contribution < -0.4 is 5.32 Å². The van der Waals surface area contributed by atoms with Crippen LogP contribution in [0.25, 0.3) is 0 Å². The molecule has 0 spiro atoms. The highest BCUT2D eigenvalue weighted by molar-refractivity contribution is 7.80. The second-order valence-corrected chi connectivity index (χ2v) is 5.61. The van der Waals surface area contributed by atoms with E-state index in [2.05, 4.69) is 22.8 Å². The lowest BCUT2D eigenvalue weighted by atomic mass is 9.74. The van der Waals surface area contributed by atoms with Crippen molar-refractivity contribution in [2.75, 3.05) is 25.4 Å². The van der Waals surface area contributed by atoms with Crippen molar-refractivity contribution in [1.82, 2.24) is 10.4 Å². The summed E-state index contributed by atoms with van der Waals surface area (Å²) in [4.78, 5) is 38.0. The number of alkyl halides is 3. The average Bonchev–Trinajstić information content (AvgIpc) is 2.53. The third-order valence-corrected chi connectivity index (χ3v) is 4.48. The van der Waals surface area contributed by atoms with Gasteiger partial charge >= 0.3 is 18.1 Å². The maximum Gasteiger partial charge on any atom is 0.492 e. The number of hydrogen-bond donors (Lipinski definition) is 2. The summed E-state index contributed by atoms with van der Waals surface area (Å²) in [6.07, 6.45) is -4.34. The SMILES string of the molecule is CCOC(=O)C(NC=O)C1(CS)CCN(OC(=O)C(F)(F)F)CC1. The molecule has 11 heteroatoms. The van der Waals surface area contributed by atoms with Crippen molar-refractivity contribution in [2.24, 2.45) is 5.41 Å². The van der Waals surface area contributed by atoms with Gasteiger partial charge in [-0.15, -0.1) is 5.06 Å². The Balaban J connectivity index is 2.78. The van der Waals surface area contributed by atoms with Crippen LogP contribution in [-0.4, -0.2) is 61.1 Å². The summed E-state index contributed by atoms with van der Waals surface area (Å²) in [5.41, 5.74) is -0.808. The van der Waals surface area contributed by atoms with Crippen molar-refractivity contribution in [3.05, 3.63) is 0 Å². The fraction of sp³-hybridized carbons (Fsp3) is 0.769. The fourth-order valence-electron chi connectivity index (χ4n) is 2.52. The number of thiol groups is 1. The molecule has 1 fully saturated rings. The first-order valence-corrected chi connectivity index (χ1v) is 7.84. The molecule has 138 valence electrons. The molecule has 0 saturated carbocycles. The van der Waals surface area contributed by atoms with Crippen molar-refractivity contribution < 1.29 is 37.1 Å². The number of ether oxygens (including phenoxy) is 1. The molecule has 0 aromatic heterocycles. The second-order valence-electron chi connectivity index (χ2n) is 5.30. The molecule has 0 radical (unpaired) electrons. The van der Waals surface area contributed by atoms with E-state index in [-0.39, 0.29) is 38.3 Å². The minimum Gasteiger partial charge on any atom is -0.464 e. The molecule has 1 rings (SSSR count). The van der Waals surface area contributed by atoms with E-state index in [9.17, 15) is 27.6 Å². The summed E-state index contributed by atoms with van der Waals surface area (Å²) in [5.74, 6) is -2.74. The molecule has 1 atom stereocenters. The number of nitrogens with one attached hydrogen (secondary N) is 1. The Morgan fingerprint density at radius 3 is 2.38 bits per heavy atom. The molecule has 1 amide bonds. The summed E-state index contributed by atoms with van der Waals surface area (Å²) in [7, 11) is 0. The molecular formula is C13H19F3N2O5S. The number of halogens is 3. The smallest absolute Gasteiger partial charge is 0.464 e. The van der Waals surface area contributed by atoms with Crippen molar-refractivity contribution in [1.29, 1.82) is 0 Å². The van der Waals surface area contributed by atoms with Crippen LogP contribution >= 0.6 is 12.6 Å². The largest absolute Gasteiger partial charge is 0.492 e. The first-order valence-electron chi connectivity index (χ1n) is 7.21. The molecule has 0 aromatic carbocycles. The van der Waals surface area contributed by atoms with Crippen LogP contribution in [0.4, 0.5) is 13.2 Å². The van der Waals surface area contributed by atoms with Gasteiger partial charge in [0.15, 0.2) is 0 Å². The van der Waals surface area contributed by atoms with Crippen LogP contribution in [0.5, 0.6) is 0 Å². The first-order chi connectivity index (χ1) is 11.2. The van der Waals surface area contributed by atoms with Crippen LogP contribution in [0, 0.1) is 5.41 Å². The molecule has 0 aromatic rings. The number of piperidine rings is 1. The molecule has 1 N–H and O–H groups in total. The monoisotopic (exact) mass is 372 g/mol. The Bertz CT molecular complexity index is 467. The van der Waals surface area contributed by atoms with Crippen molar-refractivity contribution in [2.45, 2.75) is 32.0 Å². The number of carbonyl (C=O) groups is 3. The molecule has 1 unspecified atom stereocenters. The maximum atomic E-state index is 12.2. The van der Waals surface area contributed by atoms with Crippen LogP contribution in [-0.2, 0) is 24.0 Å². The van der Waals surface area contributed by atoms with Gasteiger partial charge in [0.25, 0.3) is 0 Å². The Morgan fingerprint density at radius 2 is 1.96 bits per heavy atom. The minimum absolute atomic E-state index is 0.0289. The number of rotatable bonds is 7. The van der Waals surface area contributed by atoms with E-state index in [1.165, 1.54) is 0 Å². The fourth-order valence-corrected chi connectivity index (χ4v) is 3.02. The predicted octanol–water partition coefficient (Wildman–Crippen LogP) is 0.697. The summed E-state index contributed by atoms with van der Waals surface area (Å²) < 4.78 is 41.6. The van der Waals surface area contributed by atoms with Gasteiger partial charge < -0.3 is 14.9 Å². The van der Waals surface area contributed by atoms with Crippen LogP contribution in [0.15, 0.2) is 0 Å². The molecule has 1 aliphatic heterocycles. The predicted molar refractivity (Wildman–Crippen MR) is 78.9 cm³/mol. The highest BCUT2D eigenvalue weighted by Crippen LogP contribution is 2.37. The highest BCUT2D eigenvalue weighted by atomic mass is 32.1. The van der Waals surface area contributed by atoms with Crippen LogP contribution in [0.3, 0.4) is 0 Å². The van der Waals surface area contributed by atoms with Gasteiger partial charge in [0.1, 0.15) is 6.04 Å². The number of amides is 1. The standard InChI is InChI=1S/C13H19F3N2O5S/c1-2-22-10(20)9(17-8-19)12(7-24)3-5-18(6-4-12)23-11(21)13(14,15)16/h8-9,24H,2-7H2,1H3,(H,17,19). The molecule has 1 saturated heterocycles. The third-order valence-electron chi connectivity index (χ3n) is 3.85. The van der Waals surface area contributed by atoms with Gasteiger partial charge in [-0.1, -0.05) is 0 Å². The zero-order valence-corrected chi connectivity index (χ0v) is 13.9. The van der Waals surface area contributed by atoms with Gasteiger partial charge in [-0.25, -0.2) is 9.59 Å². The van der Waals surface area contributed by atoms with Crippen molar-refractivity contribution in [3.8, 4) is 0 Å². The lowest BCUT2D eigenvalue weighted by Crippen LogP contribution is -2.56. The number of carbonyl (C=O) groups excluding carboxylic acids is 3. The Hall–Kier alpha value is -1.49. The van der Waals surface area contributed by atoms with Gasteiger partial charge in [-0.3, -0.25) is 4.79 Å². The zero-order valence-electron chi connectivity index (χ0n) is 13.0. The van der Waals surface area contributed by atoms with Crippen LogP contribution in [0.1, 0.15) is 19.8 Å². The third kappa shape index (κ3) is 5.00. The Morgan fingerprint density at radius 1 is 1.38 bits per heavy atom. The number of esters is 1. The summed E-state index contributed by atoms with van der Waals surface area (Å²) in [5, 5.41) is 3.29. The van der Waals surface area contributed by atoms with Gasteiger partial charge in [0.2, 0.25) is 6.41 Å². The normalized spacial score (nSPS) is 19.2. The van der Waals surface area contributed by atoms with Crippen LogP contribution in [0.2, 0.25) is 0 Å². The van der Waals surface area contributed by atoms with E-state index in [0.717, 1.165) is 5.06 Å². The van der Waals surface area contributed by atoms with E-state index in [1.54, 1.807) is 6.92 Å². The van der Waals surface area contributed by atoms with E-state index >= 15 is 0 Å². The second kappa shape index (κ2) is 8.56. The summed E-state index contributed by atoms with van der Waals surface area (Å²) in [6.45, 7) is 1.67. The molecule has 0 bridgehead atoms. The maximum absolute atomic E-state index is 12.2. The molecule has 1 aliphatic rings. The molecule has 0 aliphatic carbocycles. The molecule has 24 heavy (non-hydrogen) atoms. The summed E-state index contributed by atoms with van der Waals surface area (Å²) >= 11 is 4.22. The Kier molecular flexibility index (Phi) is 7.33. The van der Waals surface area contributed by atoms with E-state index < -0.39 is 29.6 Å². The van der Waals surface area contributed by atoms with E-state index in [0.29, 0.717) is 6.41 Å². The van der Waals surface area contributed by atoms with E-state index in [1.807, 2.05) is 0 Å². The molecule has 7 nitrogen and oxygen atoms in total. The first kappa shape index (κ1) is 20.6. The lowest BCUT2D eigenvalue weighted by molar-refractivity contribution is -0.244. The van der Waals surface area contributed by atoms with Crippen molar-refractivity contribution in [3.63, 3.8) is 0 Å². The Labute approximate surface area is 142 Å². The minimum atomic E-state index is -5.08. The van der Waals surface area contributed by atoms with Gasteiger partial charge in [-0.2, -0.15) is 25.8 Å². The lowest BCUT2D eigenvalue weighted by Gasteiger charge is -2.43. The highest BCUT2D eigenvalue weighted by Gasteiger charge is 2.47. The topological polar surface area (TPSA) is 84.9 Å². The van der Waals surface area contributed by atoms with Gasteiger partial charge in [-0.05, 0) is 25.5 Å². The molecule has 1 heterocycles. The number of hydroxylamine groups is 2. The van der Waals surface area contributed by atoms with Gasteiger partial charge in [0, 0.05) is 18.5 Å². The summed E-state index contributed by atoms with van der Waals surface area (Å²) in [6, 6.07) is -0.979. The quantitative estimate of drug-likeness (QED) is 0.389. The number of hydrogen-bond acceptors (Lipinski definition) is 7. The zero-order chi connectivity index (χ0) is 18.4. The average molecular weight is 372 g/mol.